The number of amides is 1. The smallest absolute Gasteiger partial charge is 0.352 e. The summed E-state index contributed by atoms with van der Waals surface area (Å²) in [7, 11) is 0. The third-order valence-corrected chi connectivity index (χ3v) is 2.61. The molecule has 6 heteroatoms. The monoisotopic (exact) mass is 224 g/mol. The molecule has 1 rings (SSSR count). The molecule has 0 aromatic heterocycles. The highest BCUT2D eigenvalue weighted by molar-refractivity contribution is 5.87. The van der Waals surface area contributed by atoms with Crippen LogP contribution in [-0.2, 0) is 4.79 Å². The van der Waals surface area contributed by atoms with E-state index in [0.717, 1.165) is 6.42 Å². The molecule has 0 aromatic rings. The van der Waals surface area contributed by atoms with Crippen LogP contribution in [0.25, 0.3) is 0 Å². The second-order valence-electron chi connectivity index (χ2n) is 4.20. The largest absolute Gasteiger partial charge is 0.391 e. The Balaban J connectivity index is 2.38. The van der Waals surface area contributed by atoms with E-state index in [1.807, 2.05) is 0 Å². The predicted octanol–water partition coefficient (Wildman–Crippen LogP) is 1.32. The van der Waals surface area contributed by atoms with Crippen LogP contribution in [0.1, 0.15) is 32.6 Å². The summed E-state index contributed by atoms with van der Waals surface area (Å²) in [6.45, 7) is 1.33. The fourth-order valence-electron chi connectivity index (χ4n) is 1.55. The number of nitrogens with two attached hydrogens (primary N) is 1. The van der Waals surface area contributed by atoms with Gasteiger partial charge in [0.05, 0.1) is 12.0 Å². The van der Waals surface area contributed by atoms with Crippen LogP contribution in [0.2, 0.25) is 0 Å². The van der Waals surface area contributed by atoms with E-state index >= 15 is 0 Å². The summed E-state index contributed by atoms with van der Waals surface area (Å²) in [6.07, 6.45) is -3.31. The lowest BCUT2D eigenvalue weighted by atomic mass is 9.77. The second kappa shape index (κ2) is 4.00. The number of hydrogen-bond donors (Lipinski definition) is 2. The number of alkyl halides is 3. The zero-order valence-electron chi connectivity index (χ0n) is 8.53. The van der Waals surface area contributed by atoms with Crippen molar-refractivity contribution >= 4 is 5.91 Å². The molecule has 0 aliphatic heterocycles. The van der Waals surface area contributed by atoms with Gasteiger partial charge in [-0.1, -0.05) is 0 Å². The van der Waals surface area contributed by atoms with Crippen molar-refractivity contribution in [1.29, 1.82) is 0 Å². The van der Waals surface area contributed by atoms with Crippen LogP contribution in [0.4, 0.5) is 13.2 Å². The van der Waals surface area contributed by atoms with Crippen LogP contribution in [0.15, 0.2) is 0 Å². The average Bonchev–Trinajstić information content (AvgIpc) is 1.95. The highest BCUT2D eigenvalue weighted by atomic mass is 19.4. The number of carbonyl (C=O) groups excluding carboxylic acids is 1. The molecule has 0 radical (unpaired) electrons. The summed E-state index contributed by atoms with van der Waals surface area (Å²) in [6, 6.07) is -0.918. The number of hydrogen-bond acceptors (Lipinski definition) is 2. The van der Waals surface area contributed by atoms with Crippen molar-refractivity contribution in [1.82, 2.24) is 5.32 Å². The zero-order chi connectivity index (χ0) is 11.7. The molecule has 1 atom stereocenters. The van der Waals surface area contributed by atoms with Crippen molar-refractivity contribution in [3.05, 3.63) is 0 Å². The Kier molecular flexibility index (Phi) is 3.28. The van der Waals surface area contributed by atoms with Gasteiger partial charge in [0.2, 0.25) is 5.91 Å². The van der Waals surface area contributed by atoms with Crippen LogP contribution < -0.4 is 11.1 Å². The molecule has 1 saturated carbocycles. The van der Waals surface area contributed by atoms with Gasteiger partial charge < -0.3 is 11.1 Å². The molecule has 0 spiro atoms. The first-order valence-electron chi connectivity index (χ1n) is 4.89. The molecule has 3 N–H and O–H groups in total. The van der Waals surface area contributed by atoms with E-state index in [9.17, 15) is 18.0 Å². The lowest BCUT2D eigenvalue weighted by Gasteiger charge is -2.37. The Hall–Kier alpha value is -0.780. The van der Waals surface area contributed by atoms with Gasteiger partial charge in [-0.2, -0.15) is 13.2 Å². The van der Waals surface area contributed by atoms with E-state index in [2.05, 4.69) is 5.32 Å². The lowest BCUT2D eigenvalue weighted by Crippen LogP contribution is -2.60. The fourth-order valence-corrected chi connectivity index (χ4v) is 1.55. The fraction of sp³-hybridized carbons (Fsp3) is 0.889. The van der Waals surface area contributed by atoms with Gasteiger partial charge in [-0.25, -0.2) is 0 Å². The van der Waals surface area contributed by atoms with Gasteiger partial charge >= 0.3 is 6.18 Å². The van der Waals surface area contributed by atoms with Crippen molar-refractivity contribution in [3.8, 4) is 0 Å². The van der Waals surface area contributed by atoms with E-state index in [1.54, 1.807) is 0 Å². The van der Waals surface area contributed by atoms with E-state index in [-0.39, 0.29) is 0 Å². The van der Waals surface area contributed by atoms with Crippen LogP contribution in [0, 0.1) is 0 Å². The van der Waals surface area contributed by atoms with Crippen molar-refractivity contribution in [2.75, 3.05) is 0 Å². The molecular formula is C9H15F3N2O. The number of nitrogens with one attached hydrogen (secondary N) is 1. The Bertz CT molecular complexity index is 248. The quantitative estimate of drug-likeness (QED) is 0.759. The lowest BCUT2D eigenvalue weighted by molar-refractivity contribution is -0.143. The van der Waals surface area contributed by atoms with Crippen molar-refractivity contribution in [2.45, 2.75) is 50.4 Å². The summed E-state index contributed by atoms with van der Waals surface area (Å²) in [5.74, 6) is -0.467. The Morgan fingerprint density at radius 1 is 1.53 bits per heavy atom. The first-order valence-corrected chi connectivity index (χ1v) is 4.89. The maximum Gasteiger partial charge on any atom is 0.391 e. The minimum atomic E-state index is -4.26. The first kappa shape index (κ1) is 12.3. The number of carbonyl (C=O) groups is 1. The third-order valence-electron chi connectivity index (χ3n) is 2.61. The summed E-state index contributed by atoms with van der Waals surface area (Å²) in [5, 5.41) is 2.29. The Morgan fingerprint density at radius 3 is 2.40 bits per heavy atom. The highest BCUT2D eigenvalue weighted by Gasteiger charge is 2.41. The molecule has 88 valence electrons. The predicted molar refractivity (Wildman–Crippen MR) is 49.0 cm³/mol. The molecule has 1 aliphatic carbocycles. The standard InChI is InChI=1S/C9H15F3N2O/c1-6(5-9(10,11)12)14-7(15)8(13)3-2-4-8/h6H,2-5,13H2,1H3,(H,14,15). The van der Waals surface area contributed by atoms with Gasteiger partial charge in [-0.3, -0.25) is 4.79 Å². The topological polar surface area (TPSA) is 55.1 Å². The van der Waals surface area contributed by atoms with Crippen molar-refractivity contribution < 1.29 is 18.0 Å². The van der Waals surface area contributed by atoms with Crippen LogP contribution in [0.5, 0.6) is 0 Å². The molecule has 0 saturated heterocycles. The zero-order valence-corrected chi connectivity index (χ0v) is 8.53. The van der Waals surface area contributed by atoms with Gasteiger partial charge in [0.15, 0.2) is 0 Å². The average molecular weight is 224 g/mol. The maximum atomic E-state index is 12.0. The minimum absolute atomic E-state index is 0.467. The van der Waals surface area contributed by atoms with Crippen LogP contribution in [-0.4, -0.2) is 23.7 Å². The van der Waals surface area contributed by atoms with Crippen LogP contribution >= 0.6 is 0 Å². The molecule has 1 unspecified atom stereocenters. The van der Waals surface area contributed by atoms with Gasteiger partial charge in [-0.05, 0) is 26.2 Å². The van der Waals surface area contributed by atoms with E-state index in [1.165, 1.54) is 6.92 Å². The van der Waals surface area contributed by atoms with Crippen molar-refractivity contribution in [2.24, 2.45) is 5.73 Å². The number of rotatable bonds is 3. The SMILES string of the molecule is CC(CC(F)(F)F)NC(=O)C1(N)CCC1. The van der Waals surface area contributed by atoms with E-state index in [0.29, 0.717) is 12.8 Å². The molecule has 1 fully saturated rings. The summed E-state index contributed by atoms with van der Waals surface area (Å²) < 4.78 is 35.9. The van der Waals surface area contributed by atoms with Gasteiger partial charge in [-0.15, -0.1) is 0 Å². The molecule has 1 aliphatic rings. The molecule has 15 heavy (non-hydrogen) atoms. The summed E-state index contributed by atoms with van der Waals surface area (Å²) >= 11 is 0. The van der Waals surface area contributed by atoms with Gasteiger partial charge in [0.1, 0.15) is 0 Å². The highest BCUT2D eigenvalue weighted by Crippen LogP contribution is 2.29. The molecule has 0 heterocycles. The van der Waals surface area contributed by atoms with E-state index in [4.69, 9.17) is 5.73 Å². The normalized spacial score (nSPS) is 21.7. The van der Waals surface area contributed by atoms with Gasteiger partial charge in [0.25, 0.3) is 0 Å². The first-order chi connectivity index (χ1) is 6.73. The second-order valence-corrected chi connectivity index (χ2v) is 4.20. The summed E-state index contributed by atoms with van der Waals surface area (Å²) in [4.78, 5) is 11.4. The molecule has 1 amide bonds. The number of halogens is 3. The van der Waals surface area contributed by atoms with Gasteiger partial charge in [0, 0.05) is 6.04 Å². The molecular weight excluding hydrogens is 209 g/mol. The Morgan fingerprint density at radius 2 is 2.07 bits per heavy atom. The molecule has 0 bridgehead atoms. The molecule has 3 nitrogen and oxygen atoms in total. The van der Waals surface area contributed by atoms with Crippen molar-refractivity contribution in [3.63, 3.8) is 0 Å². The maximum absolute atomic E-state index is 12.0. The molecule has 0 aromatic carbocycles. The van der Waals surface area contributed by atoms with E-state index < -0.39 is 30.1 Å². The Labute approximate surface area is 86.2 Å². The summed E-state index contributed by atoms with van der Waals surface area (Å²) in [5.41, 5.74) is 4.73. The minimum Gasteiger partial charge on any atom is -0.352 e. The van der Waals surface area contributed by atoms with Crippen LogP contribution in [0.3, 0.4) is 0 Å². The third kappa shape index (κ3) is 3.37.